The van der Waals surface area contributed by atoms with E-state index in [0.29, 0.717) is 5.92 Å². The molecular formula is C12H15N3. The van der Waals surface area contributed by atoms with Gasteiger partial charge in [0.05, 0.1) is 11.2 Å². The van der Waals surface area contributed by atoms with Gasteiger partial charge in [0, 0.05) is 6.20 Å². The average molecular weight is 201 g/mol. The summed E-state index contributed by atoms with van der Waals surface area (Å²) < 4.78 is 0. The van der Waals surface area contributed by atoms with Crippen molar-refractivity contribution >= 4 is 11.0 Å². The van der Waals surface area contributed by atoms with Crippen molar-refractivity contribution in [1.82, 2.24) is 15.0 Å². The molecule has 0 saturated carbocycles. The van der Waals surface area contributed by atoms with Crippen LogP contribution in [0.5, 0.6) is 0 Å². The first-order valence-electron chi connectivity index (χ1n) is 5.18. The molecule has 0 fully saturated rings. The van der Waals surface area contributed by atoms with Crippen LogP contribution in [0, 0.1) is 13.8 Å². The van der Waals surface area contributed by atoms with E-state index in [0.717, 1.165) is 16.7 Å². The monoisotopic (exact) mass is 201 g/mol. The molecule has 0 saturated heterocycles. The Morgan fingerprint density at radius 1 is 1.00 bits per heavy atom. The first-order valence-corrected chi connectivity index (χ1v) is 5.18. The Balaban J connectivity index is 2.83. The topological polar surface area (TPSA) is 38.7 Å². The fourth-order valence-corrected chi connectivity index (χ4v) is 1.66. The zero-order valence-electron chi connectivity index (χ0n) is 9.57. The number of pyridine rings is 1. The molecule has 0 aliphatic heterocycles. The van der Waals surface area contributed by atoms with E-state index in [9.17, 15) is 0 Å². The van der Waals surface area contributed by atoms with Gasteiger partial charge in [0.25, 0.3) is 0 Å². The normalized spacial score (nSPS) is 11.3. The van der Waals surface area contributed by atoms with Crippen LogP contribution < -0.4 is 0 Å². The van der Waals surface area contributed by atoms with Crippen LogP contribution in [-0.2, 0) is 0 Å². The molecule has 0 N–H and O–H groups in total. The van der Waals surface area contributed by atoms with Crippen LogP contribution in [-0.4, -0.2) is 15.0 Å². The van der Waals surface area contributed by atoms with Gasteiger partial charge in [0.15, 0.2) is 0 Å². The number of hydrogen-bond donors (Lipinski definition) is 0. The molecule has 2 heterocycles. The van der Waals surface area contributed by atoms with E-state index in [2.05, 4.69) is 42.6 Å². The molecule has 0 amide bonds. The molecule has 2 aromatic rings. The van der Waals surface area contributed by atoms with E-state index in [1.807, 2.05) is 6.20 Å². The molecule has 0 radical (unpaired) electrons. The van der Waals surface area contributed by atoms with Gasteiger partial charge in [-0.2, -0.15) is 0 Å². The highest BCUT2D eigenvalue weighted by Gasteiger charge is 2.10. The maximum absolute atomic E-state index is 4.44. The SMILES string of the molecule is Cc1cnc2c(C(C)C)ncnc2c1C. The van der Waals surface area contributed by atoms with Crippen LogP contribution in [0.1, 0.15) is 36.6 Å². The number of hydrogen-bond acceptors (Lipinski definition) is 3. The molecule has 0 aliphatic rings. The number of aryl methyl sites for hydroxylation is 2. The van der Waals surface area contributed by atoms with Crippen molar-refractivity contribution in [1.29, 1.82) is 0 Å². The third kappa shape index (κ3) is 1.58. The second kappa shape index (κ2) is 3.57. The Hall–Kier alpha value is -1.51. The second-order valence-electron chi connectivity index (χ2n) is 4.18. The number of rotatable bonds is 1. The minimum absolute atomic E-state index is 0.380. The van der Waals surface area contributed by atoms with Crippen LogP contribution in [0.15, 0.2) is 12.5 Å². The highest BCUT2D eigenvalue weighted by molar-refractivity contribution is 5.80. The standard InChI is InChI=1S/C12H15N3/c1-7(2)10-12-11(15-6-14-10)9(4)8(3)5-13-12/h5-7H,1-4H3. The Labute approximate surface area is 89.6 Å². The van der Waals surface area contributed by atoms with Gasteiger partial charge in [-0.1, -0.05) is 13.8 Å². The minimum atomic E-state index is 0.380. The summed E-state index contributed by atoms with van der Waals surface area (Å²) in [6.45, 7) is 8.38. The van der Waals surface area contributed by atoms with Gasteiger partial charge < -0.3 is 0 Å². The molecular weight excluding hydrogens is 186 g/mol. The largest absolute Gasteiger partial charge is 0.252 e. The lowest BCUT2D eigenvalue weighted by Crippen LogP contribution is -2.00. The van der Waals surface area contributed by atoms with Gasteiger partial charge in [-0.05, 0) is 30.9 Å². The summed E-state index contributed by atoms with van der Waals surface area (Å²) >= 11 is 0. The Morgan fingerprint density at radius 2 is 1.73 bits per heavy atom. The molecule has 2 aromatic heterocycles. The van der Waals surface area contributed by atoms with Crippen molar-refractivity contribution in [3.8, 4) is 0 Å². The number of nitrogens with zero attached hydrogens (tertiary/aromatic N) is 3. The van der Waals surface area contributed by atoms with Gasteiger partial charge in [-0.15, -0.1) is 0 Å². The summed E-state index contributed by atoms with van der Waals surface area (Å²) in [5.41, 5.74) is 5.33. The molecule has 15 heavy (non-hydrogen) atoms. The third-order valence-electron chi connectivity index (χ3n) is 2.73. The lowest BCUT2D eigenvalue weighted by atomic mass is 10.1. The number of aromatic nitrogens is 3. The first-order chi connectivity index (χ1) is 7.11. The quantitative estimate of drug-likeness (QED) is 0.712. The predicted octanol–water partition coefficient (Wildman–Crippen LogP) is 2.77. The van der Waals surface area contributed by atoms with E-state index >= 15 is 0 Å². The molecule has 0 atom stereocenters. The Morgan fingerprint density at radius 3 is 2.40 bits per heavy atom. The van der Waals surface area contributed by atoms with Gasteiger partial charge in [-0.25, -0.2) is 9.97 Å². The lowest BCUT2D eigenvalue weighted by Gasteiger charge is -2.09. The van der Waals surface area contributed by atoms with Crippen molar-refractivity contribution in [2.75, 3.05) is 0 Å². The van der Waals surface area contributed by atoms with Gasteiger partial charge in [0.2, 0.25) is 0 Å². The zero-order valence-corrected chi connectivity index (χ0v) is 9.57. The fourth-order valence-electron chi connectivity index (χ4n) is 1.66. The maximum Gasteiger partial charge on any atom is 0.116 e. The molecule has 0 spiro atoms. The molecule has 3 nitrogen and oxygen atoms in total. The molecule has 0 unspecified atom stereocenters. The number of fused-ring (bicyclic) bond motifs is 1. The molecule has 0 bridgehead atoms. The van der Waals surface area contributed by atoms with Gasteiger partial charge in [-0.3, -0.25) is 4.98 Å². The zero-order chi connectivity index (χ0) is 11.0. The maximum atomic E-state index is 4.44. The van der Waals surface area contributed by atoms with Crippen molar-refractivity contribution < 1.29 is 0 Å². The fraction of sp³-hybridized carbons (Fsp3) is 0.417. The van der Waals surface area contributed by atoms with Crippen LogP contribution in [0.4, 0.5) is 0 Å². The molecule has 2 rings (SSSR count). The summed E-state index contributed by atoms with van der Waals surface area (Å²) in [7, 11) is 0. The molecule has 0 aliphatic carbocycles. The molecule has 0 aromatic carbocycles. The third-order valence-corrected chi connectivity index (χ3v) is 2.73. The lowest BCUT2D eigenvalue weighted by molar-refractivity contribution is 0.823. The van der Waals surface area contributed by atoms with Crippen molar-refractivity contribution in [2.45, 2.75) is 33.6 Å². The van der Waals surface area contributed by atoms with Crippen LogP contribution in [0.25, 0.3) is 11.0 Å². The summed E-state index contributed by atoms with van der Waals surface area (Å²) in [5, 5.41) is 0. The van der Waals surface area contributed by atoms with E-state index in [4.69, 9.17) is 0 Å². The van der Waals surface area contributed by atoms with Crippen molar-refractivity contribution in [3.05, 3.63) is 29.3 Å². The Kier molecular flexibility index (Phi) is 2.39. The highest BCUT2D eigenvalue weighted by Crippen LogP contribution is 2.23. The van der Waals surface area contributed by atoms with Crippen LogP contribution in [0.3, 0.4) is 0 Å². The minimum Gasteiger partial charge on any atom is -0.252 e. The summed E-state index contributed by atoms with van der Waals surface area (Å²) in [6, 6.07) is 0. The smallest absolute Gasteiger partial charge is 0.116 e. The van der Waals surface area contributed by atoms with E-state index < -0.39 is 0 Å². The van der Waals surface area contributed by atoms with E-state index in [-0.39, 0.29) is 0 Å². The predicted molar refractivity (Wildman–Crippen MR) is 60.9 cm³/mol. The van der Waals surface area contributed by atoms with Gasteiger partial charge >= 0.3 is 0 Å². The second-order valence-corrected chi connectivity index (χ2v) is 4.18. The summed E-state index contributed by atoms with van der Waals surface area (Å²) in [4.78, 5) is 13.1. The summed E-state index contributed by atoms with van der Waals surface area (Å²) in [6.07, 6.45) is 3.53. The molecule has 3 heteroatoms. The van der Waals surface area contributed by atoms with Gasteiger partial charge in [0.1, 0.15) is 11.8 Å². The highest BCUT2D eigenvalue weighted by atomic mass is 14.9. The van der Waals surface area contributed by atoms with Crippen LogP contribution >= 0.6 is 0 Å². The van der Waals surface area contributed by atoms with Crippen molar-refractivity contribution in [2.24, 2.45) is 0 Å². The summed E-state index contributed by atoms with van der Waals surface area (Å²) in [5.74, 6) is 0.380. The molecule has 78 valence electrons. The first kappa shape index (κ1) is 10.0. The van der Waals surface area contributed by atoms with Crippen molar-refractivity contribution in [3.63, 3.8) is 0 Å². The average Bonchev–Trinajstić information content (AvgIpc) is 2.23. The van der Waals surface area contributed by atoms with E-state index in [1.165, 1.54) is 11.1 Å². The van der Waals surface area contributed by atoms with E-state index in [1.54, 1.807) is 6.33 Å². The van der Waals surface area contributed by atoms with Crippen LogP contribution in [0.2, 0.25) is 0 Å². The Bertz CT molecular complexity index is 503.